The second-order valence-corrected chi connectivity index (χ2v) is 4.99. The summed E-state index contributed by atoms with van der Waals surface area (Å²) in [5.41, 5.74) is 9.48. The minimum Gasteiger partial charge on any atom is -0.493 e. The van der Waals surface area contributed by atoms with Crippen LogP contribution >= 0.6 is 0 Å². The SMILES string of the molecule is CCCOc1ccccc1C(N)c1cnn2ccccc12. The molecule has 4 nitrogen and oxygen atoms in total. The summed E-state index contributed by atoms with van der Waals surface area (Å²) in [5.74, 6) is 0.849. The highest BCUT2D eigenvalue weighted by Gasteiger charge is 2.17. The van der Waals surface area contributed by atoms with E-state index < -0.39 is 0 Å². The van der Waals surface area contributed by atoms with Crippen LogP contribution in [-0.4, -0.2) is 16.2 Å². The minimum atomic E-state index is -0.252. The molecule has 0 amide bonds. The monoisotopic (exact) mass is 281 g/mol. The van der Waals surface area contributed by atoms with Gasteiger partial charge in [-0.3, -0.25) is 0 Å². The maximum absolute atomic E-state index is 6.47. The van der Waals surface area contributed by atoms with E-state index >= 15 is 0 Å². The van der Waals surface area contributed by atoms with Crippen LogP contribution in [0.5, 0.6) is 5.75 Å². The fraction of sp³-hybridized carbons (Fsp3) is 0.235. The number of hydrogen-bond donors (Lipinski definition) is 1. The maximum atomic E-state index is 6.47. The quantitative estimate of drug-likeness (QED) is 0.781. The number of ether oxygens (including phenoxy) is 1. The van der Waals surface area contributed by atoms with E-state index in [0.717, 1.165) is 28.8 Å². The van der Waals surface area contributed by atoms with Gasteiger partial charge in [-0.1, -0.05) is 31.2 Å². The Morgan fingerprint density at radius 1 is 1.14 bits per heavy atom. The van der Waals surface area contributed by atoms with Gasteiger partial charge in [-0.05, 0) is 24.6 Å². The summed E-state index contributed by atoms with van der Waals surface area (Å²) in [4.78, 5) is 0. The van der Waals surface area contributed by atoms with Crippen molar-refractivity contribution >= 4 is 5.52 Å². The van der Waals surface area contributed by atoms with Crippen molar-refractivity contribution < 1.29 is 4.74 Å². The molecule has 0 saturated carbocycles. The summed E-state index contributed by atoms with van der Waals surface area (Å²) in [6.07, 6.45) is 4.72. The van der Waals surface area contributed by atoms with Gasteiger partial charge >= 0.3 is 0 Å². The molecule has 1 unspecified atom stereocenters. The number of nitrogens with two attached hydrogens (primary N) is 1. The molecular weight excluding hydrogens is 262 g/mol. The van der Waals surface area contributed by atoms with Crippen LogP contribution < -0.4 is 10.5 Å². The zero-order valence-corrected chi connectivity index (χ0v) is 12.1. The molecule has 21 heavy (non-hydrogen) atoms. The lowest BCUT2D eigenvalue weighted by atomic mass is 10.00. The topological polar surface area (TPSA) is 52.5 Å². The number of pyridine rings is 1. The van der Waals surface area contributed by atoms with E-state index in [4.69, 9.17) is 10.5 Å². The standard InChI is InChI=1S/C17H19N3O/c1-2-11-21-16-9-4-3-7-13(16)17(18)14-12-19-20-10-6-5-8-15(14)20/h3-10,12,17H,2,11,18H2,1H3. The van der Waals surface area contributed by atoms with E-state index in [-0.39, 0.29) is 6.04 Å². The van der Waals surface area contributed by atoms with E-state index in [1.165, 1.54) is 0 Å². The third-order valence-corrected chi connectivity index (χ3v) is 3.51. The van der Waals surface area contributed by atoms with Gasteiger partial charge in [0.1, 0.15) is 5.75 Å². The van der Waals surface area contributed by atoms with Crippen LogP contribution in [0.25, 0.3) is 5.52 Å². The summed E-state index contributed by atoms with van der Waals surface area (Å²) in [7, 11) is 0. The van der Waals surface area contributed by atoms with Crippen LogP contribution in [0, 0.1) is 0 Å². The average Bonchev–Trinajstić information content (AvgIpc) is 2.96. The van der Waals surface area contributed by atoms with Crippen molar-refractivity contribution in [1.82, 2.24) is 9.61 Å². The first-order valence-electron chi connectivity index (χ1n) is 7.21. The molecule has 0 saturated heterocycles. The molecule has 1 aromatic carbocycles. The Bertz CT molecular complexity index is 735. The number of fused-ring (bicyclic) bond motifs is 1. The molecule has 4 heteroatoms. The molecule has 3 aromatic rings. The van der Waals surface area contributed by atoms with Crippen molar-refractivity contribution in [3.8, 4) is 5.75 Å². The molecule has 0 spiro atoms. The number of para-hydroxylation sites is 1. The number of nitrogens with zero attached hydrogens (tertiary/aromatic N) is 2. The highest BCUT2D eigenvalue weighted by atomic mass is 16.5. The number of aromatic nitrogens is 2. The zero-order valence-electron chi connectivity index (χ0n) is 12.1. The molecule has 0 aliphatic rings. The van der Waals surface area contributed by atoms with Crippen LogP contribution in [-0.2, 0) is 0 Å². The largest absolute Gasteiger partial charge is 0.493 e. The van der Waals surface area contributed by atoms with E-state index in [9.17, 15) is 0 Å². The summed E-state index contributed by atoms with van der Waals surface area (Å²) in [6.45, 7) is 2.78. The first-order chi connectivity index (χ1) is 10.3. The third-order valence-electron chi connectivity index (χ3n) is 3.51. The summed E-state index contributed by atoms with van der Waals surface area (Å²) >= 11 is 0. The van der Waals surface area contributed by atoms with Crippen molar-refractivity contribution in [2.45, 2.75) is 19.4 Å². The van der Waals surface area contributed by atoms with E-state index in [2.05, 4.69) is 12.0 Å². The van der Waals surface area contributed by atoms with Gasteiger partial charge in [-0.25, -0.2) is 4.52 Å². The van der Waals surface area contributed by atoms with Crippen molar-refractivity contribution in [1.29, 1.82) is 0 Å². The van der Waals surface area contributed by atoms with E-state index in [1.807, 2.05) is 59.4 Å². The average molecular weight is 281 g/mol. The Labute approximate surface area is 124 Å². The minimum absolute atomic E-state index is 0.252. The highest BCUT2D eigenvalue weighted by molar-refractivity contribution is 5.58. The maximum Gasteiger partial charge on any atom is 0.124 e. The molecule has 0 radical (unpaired) electrons. The first-order valence-corrected chi connectivity index (χ1v) is 7.21. The van der Waals surface area contributed by atoms with Crippen molar-refractivity contribution in [2.24, 2.45) is 5.73 Å². The van der Waals surface area contributed by atoms with Gasteiger partial charge < -0.3 is 10.5 Å². The lowest BCUT2D eigenvalue weighted by Gasteiger charge is -2.16. The Morgan fingerprint density at radius 3 is 2.81 bits per heavy atom. The van der Waals surface area contributed by atoms with Crippen molar-refractivity contribution in [2.75, 3.05) is 6.61 Å². The fourth-order valence-electron chi connectivity index (χ4n) is 2.44. The summed E-state index contributed by atoms with van der Waals surface area (Å²) in [5, 5.41) is 4.35. The third kappa shape index (κ3) is 2.62. The molecule has 2 N–H and O–H groups in total. The van der Waals surface area contributed by atoms with Gasteiger partial charge in [0.15, 0.2) is 0 Å². The lowest BCUT2D eigenvalue weighted by Crippen LogP contribution is -2.13. The number of benzene rings is 1. The van der Waals surface area contributed by atoms with Crippen molar-refractivity contribution in [3.05, 3.63) is 66.0 Å². The molecule has 0 aliphatic carbocycles. The Hall–Kier alpha value is -2.33. The summed E-state index contributed by atoms with van der Waals surface area (Å²) in [6, 6.07) is 13.7. The van der Waals surface area contributed by atoms with Crippen molar-refractivity contribution in [3.63, 3.8) is 0 Å². The smallest absolute Gasteiger partial charge is 0.124 e. The Kier molecular flexibility index (Phi) is 3.88. The molecule has 0 fully saturated rings. The van der Waals surface area contributed by atoms with Gasteiger partial charge in [0.05, 0.1) is 24.4 Å². The zero-order chi connectivity index (χ0) is 14.7. The second kappa shape index (κ2) is 5.97. The van der Waals surface area contributed by atoms with Gasteiger partial charge in [-0.15, -0.1) is 0 Å². The molecule has 3 rings (SSSR count). The fourth-order valence-corrected chi connectivity index (χ4v) is 2.44. The normalized spacial score (nSPS) is 12.5. The van der Waals surface area contributed by atoms with E-state index in [1.54, 1.807) is 0 Å². The Morgan fingerprint density at radius 2 is 1.95 bits per heavy atom. The van der Waals surface area contributed by atoms with Crippen LogP contribution in [0.2, 0.25) is 0 Å². The molecule has 2 aromatic heterocycles. The Balaban J connectivity index is 2.00. The molecular formula is C17H19N3O. The molecule has 108 valence electrons. The predicted molar refractivity (Wildman–Crippen MR) is 83.5 cm³/mol. The van der Waals surface area contributed by atoms with Gasteiger partial charge in [-0.2, -0.15) is 5.10 Å². The van der Waals surface area contributed by atoms with Gasteiger partial charge in [0.25, 0.3) is 0 Å². The molecule has 1 atom stereocenters. The van der Waals surface area contributed by atoms with Gasteiger partial charge in [0, 0.05) is 17.3 Å². The second-order valence-electron chi connectivity index (χ2n) is 4.99. The lowest BCUT2D eigenvalue weighted by molar-refractivity contribution is 0.313. The van der Waals surface area contributed by atoms with Crippen LogP contribution in [0.15, 0.2) is 54.9 Å². The van der Waals surface area contributed by atoms with Crippen LogP contribution in [0.1, 0.15) is 30.5 Å². The first kappa shape index (κ1) is 13.6. The highest BCUT2D eigenvalue weighted by Crippen LogP contribution is 2.30. The number of hydrogen-bond acceptors (Lipinski definition) is 3. The molecule has 0 aliphatic heterocycles. The molecule has 2 heterocycles. The number of rotatable bonds is 5. The molecule has 0 bridgehead atoms. The van der Waals surface area contributed by atoms with Gasteiger partial charge in [0.2, 0.25) is 0 Å². The predicted octanol–water partition coefficient (Wildman–Crippen LogP) is 3.17. The van der Waals surface area contributed by atoms with E-state index in [0.29, 0.717) is 6.61 Å². The van der Waals surface area contributed by atoms with Crippen LogP contribution in [0.4, 0.5) is 0 Å². The summed E-state index contributed by atoms with van der Waals surface area (Å²) < 4.78 is 7.65. The van der Waals surface area contributed by atoms with Crippen LogP contribution in [0.3, 0.4) is 0 Å².